The first-order chi connectivity index (χ1) is 16.8. The highest BCUT2D eigenvalue weighted by Crippen LogP contribution is 2.29. The molecule has 180 valence electrons. The molecule has 2 aromatic carbocycles. The topological polar surface area (TPSA) is 119 Å². The molecule has 1 aliphatic rings. The molecular formula is C23H20FN5O4S2. The summed E-state index contributed by atoms with van der Waals surface area (Å²) in [4.78, 5) is 15.9. The Balaban J connectivity index is 1.54. The summed E-state index contributed by atoms with van der Waals surface area (Å²) in [5, 5.41) is 3.27. The highest BCUT2D eigenvalue weighted by atomic mass is 32.2. The van der Waals surface area contributed by atoms with Crippen molar-refractivity contribution in [3.63, 3.8) is 0 Å². The van der Waals surface area contributed by atoms with Gasteiger partial charge in [-0.15, -0.1) is 0 Å². The van der Waals surface area contributed by atoms with Crippen molar-refractivity contribution in [3.05, 3.63) is 70.2 Å². The van der Waals surface area contributed by atoms with Crippen molar-refractivity contribution in [1.82, 2.24) is 19.2 Å². The molecule has 4 aromatic rings. The molecule has 1 saturated heterocycles. The Kier molecular flexibility index (Phi) is 6.14. The number of halogens is 1. The zero-order chi connectivity index (χ0) is 24.6. The van der Waals surface area contributed by atoms with Crippen molar-refractivity contribution in [2.75, 3.05) is 17.8 Å². The minimum Gasteiger partial charge on any atom is -0.408 e. The first-order valence-corrected chi connectivity index (χ1v) is 13.0. The SMILES string of the molecule is C[C@H](c1ccccc1C#CC1CCNC1)n1c(=O)oc2cc(S(=O)(=O)Nc3ncns3)c(F)cc21. The number of benzene rings is 2. The molecule has 0 spiro atoms. The lowest BCUT2D eigenvalue weighted by molar-refractivity contribution is 0.489. The Morgan fingerprint density at radius 3 is 2.91 bits per heavy atom. The van der Waals surface area contributed by atoms with Gasteiger partial charge in [-0.2, -0.15) is 4.37 Å². The number of aromatic nitrogens is 3. The van der Waals surface area contributed by atoms with Gasteiger partial charge in [-0.1, -0.05) is 30.0 Å². The monoisotopic (exact) mass is 513 g/mol. The summed E-state index contributed by atoms with van der Waals surface area (Å²) in [5.74, 6) is 4.99. The van der Waals surface area contributed by atoms with E-state index >= 15 is 4.39 Å². The summed E-state index contributed by atoms with van der Waals surface area (Å²) in [6, 6.07) is 8.88. The summed E-state index contributed by atoms with van der Waals surface area (Å²) in [7, 11) is -4.32. The fourth-order valence-corrected chi connectivity index (χ4v) is 5.81. The maximum atomic E-state index is 15.0. The number of oxazole rings is 1. The van der Waals surface area contributed by atoms with Crippen LogP contribution in [0.5, 0.6) is 0 Å². The van der Waals surface area contributed by atoms with Crippen LogP contribution in [-0.4, -0.2) is 35.4 Å². The smallest absolute Gasteiger partial charge is 0.408 e. The summed E-state index contributed by atoms with van der Waals surface area (Å²) >= 11 is 0.809. The van der Waals surface area contributed by atoms with Gasteiger partial charge in [0.1, 0.15) is 17.0 Å². The number of anilines is 1. The fraction of sp³-hybridized carbons (Fsp3) is 0.261. The van der Waals surface area contributed by atoms with Crippen LogP contribution in [0.3, 0.4) is 0 Å². The third-order valence-electron chi connectivity index (χ3n) is 5.81. The summed E-state index contributed by atoms with van der Waals surface area (Å²) in [6.07, 6.45) is 2.16. The number of hydrogen-bond donors (Lipinski definition) is 2. The molecule has 0 aliphatic carbocycles. The number of nitrogens with one attached hydrogen (secondary N) is 2. The molecule has 1 fully saturated rings. The Morgan fingerprint density at radius 1 is 1.34 bits per heavy atom. The first kappa shape index (κ1) is 23.2. The Labute approximate surface area is 204 Å². The maximum absolute atomic E-state index is 15.0. The average molecular weight is 514 g/mol. The molecule has 12 heteroatoms. The second-order valence-electron chi connectivity index (χ2n) is 8.06. The number of nitrogens with zero attached hydrogens (tertiary/aromatic N) is 3. The van der Waals surface area contributed by atoms with Gasteiger partial charge in [-0.25, -0.2) is 22.6 Å². The predicted octanol–water partition coefficient (Wildman–Crippen LogP) is 2.96. The second kappa shape index (κ2) is 9.26. The predicted molar refractivity (Wildman–Crippen MR) is 129 cm³/mol. The van der Waals surface area contributed by atoms with Crippen molar-refractivity contribution in [2.24, 2.45) is 5.92 Å². The Morgan fingerprint density at radius 2 is 2.17 bits per heavy atom. The van der Waals surface area contributed by atoms with E-state index in [4.69, 9.17) is 4.42 Å². The zero-order valence-corrected chi connectivity index (χ0v) is 20.1. The maximum Gasteiger partial charge on any atom is 0.420 e. The average Bonchev–Trinajstić information content (AvgIpc) is 3.58. The lowest BCUT2D eigenvalue weighted by atomic mass is 10.00. The van der Waals surface area contributed by atoms with Crippen LogP contribution in [0.15, 0.2) is 56.8 Å². The summed E-state index contributed by atoms with van der Waals surface area (Å²) in [5.41, 5.74) is 1.61. The molecule has 1 aliphatic heterocycles. The van der Waals surface area contributed by atoms with Crippen molar-refractivity contribution in [1.29, 1.82) is 0 Å². The number of hydrogen-bond acceptors (Lipinski definition) is 8. The molecule has 2 N–H and O–H groups in total. The molecule has 5 rings (SSSR count). The molecule has 0 saturated carbocycles. The molecular weight excluding hydrogens is 493 g/mol. The molecule has 35 heavy (non-hydrogen) atoms. The Bertz CT molecular complexity index is 1610. The van der Waals surface area contributed by atoms with Crippen LogP contribution in [0.2, 0.25) is 0 Å². The lowest BCUT2D eigenvalue weighted by Crippen LogP contribution is -2.20. The number of fused-ring (bicyclic) bond motifs is 1. The molecule has 1 unspecified atom stereocenters. The van der Waals surface area contributed by atoms with E-state index in [1.54, 1.807) is 6.92 Å². The van der Waals surface area contributed by atoms with Gasteiger partial charge in [0, 0.05) is 41.7 Å². The van der Waals surface area contributed by atoms with E-state index in [0.29, 0.717) is 0 Å². The normalized spacial score (nSPS) is 16.7. The lowest BCUT2D eigenvalue weighted by Gasteiger charge is -2.15. The van der Waals surface area contributed by atoms with Gasteiger partial charge >= 0.3 is 5.76 Å². The van der Waals surface area contributed by atoms with E-state index in [-0.39, 0.29) is 22.1 Å². The van der Waals surface area contributed by atoms with Crippen LogP contribution in [0.4, 0.5) is 9.52 Å². The third kappa shape index (κ3) is 4.58. The Hall–Kier alpha value is -3.53. The third-order valence-corrected chi connectivity index (χ3v) is 7.87. The molecule has 3 heterocycles. The number of rotatable bonds is 5. The van der Waals surface area contributed by atoms with E-state index in [1.807, 2.05) is 24.3 Å². The number of sulfonamides is 1. The van der Waals surface area contributed by atoms with Crippen molar-refractivity contribution in [3.8, 4) is 11.8 Å². The molecule has 0 bridgehead atoms. The van der Waals surface area contributed by atoms with Crippen LogP contribution in [0.25, 0.3) is 11.1 Å². The summed E-state index contributed by atoms with van der Waals surface area (Å²) in [6.45, 7) is 3.57. The van der Waals surface area contributed by atoms with Crippen LogP contribution < -0.4 is 15.8 Å². The first-order valence-electron chi connectivity index (χ1n) is 10.8. The van der Waals surface area contributed by atoms with Crippen LogP contribution >= 0.6 is 11.5 Å². The van der Waals surface area contributed by atoms with Crippen LogP contribution in [-0.2, 0) is 10.0 Å². The van der Waals surface area contributed by atoms with E-state index in [1.165, 1.54) is 10.9 Å². The quantitative estimate of drug-likeness (QED) is 0.394. The summed E-state index contributed by atoms with van der Waals surface area (Å²) < 4.78 is 52.9. The van der Waals surface area contributed by atoms with Gasteiger partial charge in [0.25, 0.3) is 10.0 Å². The van der Waals surface area contributed by atoms with Crippen LogP contribution in [0.1, 0.15) is 30.5 Å². The van der Waals surface area contributed by atoms with Gasteiger partial charge in [0.2, 0.25) is 5.13 Å². The van der Waals surface area contributed by atoms with Crippen molar-refractivity contribution < 1.29 is 17.2 Å². The van der Waals surface area contributed by atoms with Crippen molar-refractivity contribution >= 4 is 37.8 Å². The van der Waals surface area contributed by atoms with E-state index in [0.717, 1.165) is 54.3 Å². The zero-order valence-electron chi connectivity index (χ0n) is 18.5. The van der Waals surface area contributed by atoms with Crippen molar-refractivity contribution in [2.45, 2.75) is 24.3 Å². The second-order valence-corrected chi connectivity index (χ2v) is 10.5. The van der Waals surface area contributed by atoms with Gasteiger partial charge in [0.15, 0.2) is 5.58 Å². The molecule has 0 amide bonds. The van der Waals surface area contributed by atoms with E-state index in [9.17, 15) is 13.2 Å². The van der Waals surface area contributed by atoms with Gasteiger partial charge in [0.05, 0.1) is 11.6 Å². The molecule has 9 nitrogen and oxygen atoms in total. The van der Waals surface area contributed by atoms with E-state index < -0.39 is 32.5 Å². The minimum absolute atomic E-state index is 0.0109. The van der Waals surface area contributed by atoms with Gasteiger partial charge < -0.3 is 9.73 Å². The highest BCUT2D eigenvalue weighted by molar-refractivity contribution is 7.93. The molecule has 0 radical (unpaired) electrons. The largest absolute Gasteiger partial charge is 0.420 e. The van der Waals surface area contributed by atoms with E-state index in [2.05, 4.69) is 31.2 Å². The molecule has 2 atom stereocenters. The molecule has 2 aromatic heterocycles. The fourth-order valence-electron chi connectivity index (χ4n) is 4.07. The van der Waals surface area contributed by atoms with Gasteiger partial charge in [-0.05, 0) is 31.5 Å². The highest BCUT2D eigenvalue weighted by Gasteiger charge is 2.26. The van der Waals surface area contributed by atoms with Crippen LogP contribution in [0, 0.1) is 23.6 Å². The minimum atomic E-state index is -4.32. The standard InChI is InChI=1S/C23H20FN5O4S2/c1-14(17-5-3-2-4-16(17)7-6-15-8-9-25-12-15)29-19-10-18(24)21(11-20(19)33-23(29)30)35(31,32)28-22-26-13-27-34-22/h2-5,10-11,13-15,25H,8-9,12H2,1H3,(H,26,27,28)/t14-,15?/m1/s1. The van der Waals surface area contributed by atoms with Gasteiger partial charge in [-0.3, -0.25) is 9.29 Å².